The van der Waals surface area contributed by atoms with E-state index in [1.165, 1.54) is 17.0 Å². The number of carbonyl (C=O) groups excluding carboxylic acids is 1. The zero-order chi connectivity index (χ0) is 27.5. The molecule has 6 nitrogen and oxygen atoms in total. The first-order chi connectivity index (χ1) is 18.8. The normalized spacial score (nSPS) is 15.5. The van der Waals surface area contributed by atoms with Gasteiger partial charge in [0.15, 0.2) is 0 Å². The van der Waals surface area contributed by atoms with Crippen LogP contribution in [0, 0.1) is 11.7 Å². The molecule has 3 aromatic carbocycles. The Balaban J connectivity index is 1.50. The lowest BCUT2D eigenvalue weighted by molar-refractivity contribution is -0.131. The first kappa shape index (κ1) is 24.1. The number of fused-ring (bicyclic) bond motifs is 1. The maximum absolute atomic E-state index is 15.6. The summed E-state index contributed by atoms with van der Waals surface area (Å²) in [6.45, 7) is -1.31. The third-order valence-electron chi connectivity index (χ3n) is 7.11. The van der Waals surface area contributed by atoms with E-state index in [-0.39, 0.29) is 17.4 Å². The molecular formula is C31H30FN3O3. The average Bonchev–Trinajstić information content (AvgIpc) is 3.32. The zero-order valence-corrected chi connectivity index (χ0v) is 21.2. The number of aliphatic carboxylic acids is 1. The molecule has 1 aliphatic rings. The Hall–Kier alpha value is -4.26. The van der Waals surface area contributed by atoms with Crippen LogP contribution in [-0.4, -0.2) is 26.8 Å². The molecule has 1 saturated carbocycles. The van der Waals surface area contributed by atoms with Gasteiger partial charge in [-0.1, -0.05) is 49.6 Å². The standard InChI is InChI=1S/C31H30FN3O3/c1-34-29-14-13-23(17-26(29)19-33-34)24-11-12-25(28(32)18-24)20-35(31(38)22-7-3-2-4-8-22)27-9-5-6-21(16-27)10-15-30(36)37/h5-6,9-19,22H,2-4,7-8,20H2,1H3,(H,36,37)/b15-10+/i20D/t20-/m1/s1. The van der Waals surface area contributed by atoms with Crippen molar-refractivity contribution in [3.05, 3.63) is 89.9 Å². The summed E-state index contributed by atoms with van der Waals surface area (Å²) in [6, 6.07) is 17.3. The number of benzene rings is 3. The Morgan fingerprint density at radius 3 is 2.63 bits per heavy atom. The molecule has 5 rings (SSSR count). The highest BCUT2D eigenvalue weighted by atomic mass is 19.1. The number of aryl methyl sites for hydroxylation is 1. The van der Waals surface area contributed by atoms with Gasteiger partial charge in [0.05, 0.1) is 19.6 Å². The summed E-state index contributed by atoms with van der Waals surface area (Å²) in [5.74, 6) is -2.10. The minimum absolute atomic E-state index is 0.0943. The molecule has 1 N–H and O–H groups in total. The van der Waals surface area contributed by atoms with Crippen molar-refractivity contribution in [2.45, 2.75) is 38.6 Å². The molecule has 194 valence electrons. The molecular weight excluding hydrogens is 481 g/mol. The molecule has 0 bridgehead atoms. The van der Waals surface area contributed by atoms with Crippen molar-refractivity contribution in [2.24, 2.45) is 13.0 Å². The second-order valence-electron chi connectivity index (χ2n) is 9.72. The Morgan fingerprint density at radius 2 is 1.87 bits per heavy atom. The Bertz CT molecular complexity index is 1560. The summed E-state index contributed by atoms with van der Waals surface area (Å²) in [4.78, 5) is 26.1. The molecule has 0 radical (unpaired) electrons. The van der Waals surface area contributed by atoms with Crippen molar-refractivity contribution in [1.82, 2.24) is 9.78 Å². The molecule has 4 aromatic rings. The van der Waals surface area contributed by atoms with E-state index >= 15 is 4.39 Å². The third kappa shape index (κ3) is 5.52. The Kier molecular flexibility index (Phi) is 6.98. The number of aromatic nitrogens is 2. The summed E-state index contributed by atoms with van der Waals surface area (Å²) in [5.41, 5.74) is 3.57. The number of anilines is 1. The second-order valence-corrected chi connectivity index (χ2v) is 9.72. The molecule has 0 aliphatic heterocycles. The van der Waals surface area contributed by atoms with E-state index in [4.69, 9.17) is 6.48 Å². The van der Waals surface area contributed by atoms with Gasteiger partial charge in [-0.2, -0.15) is 5.10 Å². The van der Waals surface area contributed by atoms with Gasteiger partial charge in [0.25, 0.3) is 0 Å². The molecule has 0 saturated heterocycles. The second kappa shape index (κ2) is 11.0. The minimum Gasteiger partial charge on any atom is -0.478 e. The van der Waals surface area contributed by atoms with Gasteiger partial charge in [0, 0.05) is 35.7 Å². The number of carbonyl (C=O) groups is 2. The van der Waals surface area contributed by atoms with Gasteiger partial charge < -0.3 is 10.0 Å². The van der Waals surface area contributed by atoms with Crippen molar-refractivity contribution in [1.29, 1.82) is 0 Å². The molecule has 0 spiro atoms. The highest BCUT2D eigenvalue weighted by molar-refractivity contribution is 5.95. The molecule has 38 heavy (non-hydrogen) atoms. The van der Waals surface area contributed by atoms with E-state index in [0.717, 1.165) is 54.6 Å². The van der Waals surface area contributed by atoms with Crippen molar-refractivity contribution in [3.8, 4) is 11.1 Å². The van der Waals surface area contributed by atoms with Crippen LogP contribution < -0.4 is 4.90 Å². The largest absolute Gasteiger partial charge is 0.478 e. The van der Waals surface area contributed by atoms with Crippen LogP contribution in [0.15, 0.2) is 72.9 Å². The minimum atomic E-state index is -1.31. The van der Waals surface area contributed by atoms with Gasteiger partial charge in [0.2, 0.25) is 5.91 Å². The molecule has 1 aromatic heterocycles. The van der Waals surface area contributed by atoms with Crippen LogP contribution in [0.5, 0.6) is 0 Å². The smallest absolute Gasteiger partial charge is 0.328 e. The lowest BCUT2D eigenvalue weighted by Crippen LogP contribution is -2.37. The number of halogens is 1. The van der Waals surface area contributed by atoms with Crippen molar-refractivity contribution >= 4 is 34.5 Å². The van der Waals surface area contributed by atoms with Gasteiger partial charge in [-0.25, -0.2) is 9.18 Å². The fourth-order valence-corrected chi connectivity index (χ4v) is 5.05. The number of nitrogens with zero attached hydrogens (tertiary/aromatic N) is 3. The molecule has 7 heteroatoms. The Labute approximate surface area is 222 Å². The molecule has 1 atom stereocenters. The van der Waals surface area contributed by atoms with E-state index in [9.17, 15) is 9.59 Å². The topological polar surface area (TPSA) is 75.4 Å². The van der Waals surface area contributed by atoms with E-state index in [1.807, 2.05) is 25.2 Å². The molecule has 1 heterocycles. The van der Waals surface area contributed by atoms with Crippen LogP contribution in [0.25, 0.3) is 28.1 Å². The third-order valence-corrected chi connectivity index (χ3v) is 7.11. The fourth-order valence-electron chi connectivity index (χ4n) is 5.05. The van der Waals surface area contributed by atoms with Crippen LogP contribution in [0.2, 0.25) is 0 Å². The number of rotatable bonds is 7. The lowest BCUT2D eigenvalue weighted by Gasteiger charge is -2.30. The van der Waals surface area contributed by atoms with Crippen LogP contribution >= 0.6 is 0 Å². The molecule has 1 aliphatic carbocycles. The van der Waals surface area contributed by atoms with Crippen LogP contribution in [0.3, 0.4) is 0 Å². The number of carboxylic acids is 1. The number of amides is 1. The fraction of sp³-hybridized carbons (Fsp3) is 0.258. The first-order valence-corrected chi connectivity index (χ1v) is 12.8. The number of hydrogen-bond donors (Lipinski definition) is 1. The van der Waals surface area contributed by atoms with E-state index in [2.05, 4.69) is 5.10 Å². The van der Waals surface area contributed by atoms with Crippen LogP contribution in [-0.2, 0) is 23.2 Å². The quantitative estimate of drug-likeness (QED) is 0.284. The van der Waals surface area contributed by atoms with Crippen molar-refractivity contribution in [2.75, 3.05) is 4.90 Å². The highest BCUT2D eigenvalue weighted by Gasteiger charge is 2.28. The molecule has 0 unspecified atom stereocenters. The van der Waals surface area contributed by atoms with Gasteiger partial charge in [-0.3, -0.25) is 9.48 Å². The maximum Gasteiger partial charge on any atom is 0.328 e. The van der Waals surface area contributed by atoms with E-state index in [0.29, 0.717) is 16.8 Å². The number of hydrogen-bond acceptors (Lipinski definition) is 3. The van der Waals surface area contributed by atoms with Crippen LogP contribution in [0.1, 0.15) is 44.6 Å². The monoisotopic (exact) mass is 512 g/mol. The van der Waals surface area contributed by atoms with Gasteiger partial charge in [0.1, 0.15) is 5.82 Å². The lowest BCUT2D eigenvalue weighted by atomic mass is 9.88. The molecule has 1 amide bonds. The summed E-state index contributed by atoms with van der Waals surface area (Å²) >= 11 is 0. The van der Waals surface area contributed by atoms with E-state index < -0.39 is 18.3 Å². The average molecular weight is 513 g/mol. The van der Waals surface area contributed by atoms with Gasteiger partial charge in [-0.05, 0) is 65.9 Å². The van der Waals surface area contributed by atoms with E-state index in [1.54, 1.807) is 47.3 Å². The van der Waals surface area contributed by atoms with Crippen molar-refractivity contribution < 1.29 is 20.5 Å². The predicted octanol–water partition coefficient (Wildman–Crippen LogP) is 6.59. The SMILES string of the molecule is [2H][C@H](c1ccc(-c2ccc3c(cnn3C)c2)cc1F)N(C(=O)C1CCCCC1)c1cccc(/C=C/C(=O)O)c1. The summed E-state index contributed by atoms with van der Waals surface area (Å²) in [7, 11) is 1.86. The van der Waals surface area contributed by atoms with Crippen molar-refractivity contribution in [3.63, 3.8) is 0 Å². The first-order valence-electron chi connectivity index (χ1n) is 13.4. The predicted molar refractivity (Wildman–Crippen MR) is 147 cm³/mol. The summed E-state index contributed by atoms with van der Waals surface area (Å²) < 4.78 is 26.5. The summed E-state index contributed by atoms with van der Waals surface area (Å²) in [5, 5.41) is 14.2. The number of carboxylic acid groups (broad SMARTS) is 1. The summed E-state index contributed by atoms with van der Waals surface area (Å²) in [6.07, 6.45) is 8.64. The Morgan fingerprint density at radius 1 is 1.11 bits per heavy atom. The van der Waals surface area contributed by atoms with Crippen LogP contribution in [0.4, 0.5) is 10.1 Å². The highest BCUT2D eigenvalue weighted by Crippen LogP contribution is 2.31. The van der Waals surface area contributed by atoms with Gasteiger partial charge >= 0.3 is 5.97 Å². The zero-order valence-electron chi connectivity index (χ0n) is 22.2. The maximum atomic E-state index is 15.6. The molecule has 1 fully saturated rings. The van der Waals surface area contributed by atoms with Gasteiger partial charge in [-0.15, -0.1) is 0 Å².